The van der Waals surface area contributed by atoms with Crippen LogP contribution in [0.4, 0.5) is 0 Å². The van der Waals surface area contributed by atoms with Crippen LogP contribution in [0.3, 0.4) is 0 Å². The molecule has 4 heteroatoms. The Bertz CT molecular complexity index is 431. The van der Waals surface area contributed by atoms with Crippen molar-refractivity contribution in [2.45, 2.75) is 36.5 Å². The van der Waals surface area contributed by atoms with Crippen molar-refractivity contribution in [2.24, 2.45) is 0 Å². The monoisotopic (exact) mass is 252 g/mol. The number of ether oxygens (including phenoxy) is 1. The Kier molecular flexibility index (Phi) is 3.74. The van der Waals surface area contributed by atoms with Gasteiger partial charge in [0.15, 0.2) is 0 Å². The molecule has 2 unspecified atom stereocenters. The molecule has 3 nitrogen and oxygen atoms in total. The van der Waals surface area contributed by atoms with Gasteiger partial charge in [0.05, 0.1) is 11.7 Å². The molecule has 92 valence electrons. The maximum atomic E-state index is 10.8. The number of hydrogen-bond donors (Lipinski definition) is 1. The highest BCUT2D eigenvalue weighted by Crippen LogP contribution is 2.34. The quantitative estimate of drug-likeness (QED) is 0.898. The van der Waals surface area contributed by atoms with Crippen LogP contribution in [0.15, 0.2) is 23.1 Å². The third kappa shape index (κ3) is 2.82. The molecule has 0 aromatic heterocycles. The van der Waals surface area contributed by atoms with E-state index in [1.807, 2.05) is 13.0 Å². The third-order valence-corrected chi connectivity index (χ3v) is 4.64. The predicted molar refractivity (Wildman–Crippen MR) is 67.8 cm³/mol. The van der Waals surface area contributed by atoms with Gasteiger partial charge in [-0.3, -0.25) is 0 Å². The lowest BCUT2D eigenvalue weighted by Crippen LogP contribution is -2.13. The summed E-state index contributed by atoms with van der Waals surface area (Å²) in [5.74, 6) is -0.873. The standard InChI is InChI=1S/C13H16O3S/c1-8-7-10(13(14)15)3-4-11(8)17-12-5-6-16-9(12)2/h3-4,7,9,12H,5-6H2,1-2H3,(H,14,15). The molecular formula is C13H16O3S. The molecule has 0 bridgehead atoms. The van der Waals surface area contributed by atoms with Gasteiger partial charge in [-0.2, -0.15) is 0 Å². The van der Waals surface area contributed by atoms with Crippen molar-refractivity contribution in [2.75, 3.05) is 6.61 Å². The van der Waals surface area contributed by atoms with Crippen LogP contribution in [0.1, 0.15) is 29.3 Å². The van der Waals surface area contributed by atoms with Crippen LogP contribution in [0.25, 0.3) is 0 Å². The van der Waals surface area contributed by atoms with E-state index in [1.54, 1.807) is 23.9 Å². The van der Waals surface area contributed by atoms with Gasteiger partial charge in [0, 0.05) is 16.8 Å². The second kappa shape index (κ2) is 5.10. The molecule has 0 spiro atoms. The summed E-state index contributed by atoms with van der Waals surface area (Å²) in [6, 6.07) is 5.29. The zero-order valence-electron chi connectivity index (χ0n) is 9.97. The number of rotatable bonds is 3. The summed E-state index contributed by atoms with van der Waals surface area (Å²) in [5, 5.41) is 9.38. The number of carbonyl (C=O) groups is 1. The van der Waals surface area contributed by atoms with Gasteiger partial charge in [-0.25, -0.2) is 4.79 Å². The van der Waals surface area contributed by atoms with Gasteiger partial charge in [0.1, 0.15) is 0 Å². The van der Waals surface area contributed by atoms with E-state index in [0.29, 0.717) is 10.8 Å². The van der Waals surface area contributed by atoms with Crippen LogP contribution in [-0.2, 0) is 4.74 Å². The summed E-state index contributed by atoms with van der Waals surface area (Å²) >= 11 is 1.79. The highest BCUT2D eigenvalue weighted by atomic mass is 32.2. The first-order valence-electron chi connectivity index (χ1n) is 5.70. The number of aryl methyl sites for hydroxylation is 1. The maximum absolute atomic E-state index is 10.8. The van der Waals surface area contributed by atoms with E-state index in [0.717, 1.165) is 23.5 Å². The number of hydrogen-bond acceptors (Lipinski definition) is 3. The van der Waals surface area contributed by atoms with Crippen molar-refractivity contribution in [3.05, 3.63) is 29.3 Å². The van der Waals surface area contributed by atoms with E-state index in [9.17, 15) is 4.79 Å². The molecule has 1 fully saturated rings. The molecule has 2 rings (SSSR count). The zero-order chi connectivity index (χ0) is 12.4. The van der Waals surface area contributed by atoms with E-state index < -0.39 is 5.97 Å². The molecule has 17 heavy (non-hydrogen) atoms. The minimum atomic E-state index is -0.873. The molecule has 1 aromatic carbocycles. The molecule has 1 aromatic rings. The maximum Gasteiger partial charge on any atom is 0.335 e. The van der Waals surface area contributed by atoms with Crippen molar-refractivity contribution >= 4 is 17.7 Å². The Morgan fingerprint density at radius 3 is 2.82 bits per heavy atom. The average Bonchev–Trinajstić information content (AvgIpc) is 2.67. The number of thioether (sulfide) groups is 1. The molecule has 0 radical (unpaired) electrons. The Morgan fingerprint density at radius 2 is 2.29 bits per heavy atom. The minimum Gasteiger partial charge on any atom is -0.478 e. The summed E-state index contributed by atoms with van der Waals surface area (Å²) in [6.07, 6.45) is 1.34. The number of benzene rings is 1. The first-order valence-corrected chi connectivity index (χ1v) is 6.58. The smallest absolute Gasteiger partial charge is 0.335 e. The van der Waals surface area contributed by atoms with Crippen LogP contribution in [0, 0.1) is 6.92 Å². The van der Waals surface area contributed by atoms with E-state index in [2.05, 4.69) is 6.92 Å². The van der Waals surface area contributed by atoms with Gasteiger partial charge in [-0.1, -0.05) is 0 Å². The van der Waals surface area contributed by atoms with E-state index in [-0.39, 0.29) is 6.10 Å². The average molecular weight is 252 g/mol. The minimum absolute atomic E-state index is 0.276. The van der Waals surface area contributed by atoms with E-state index in [4.69, 9.17) is 9.84 Å². The second-order valence-electron chi connectivity index (χ2n) is 4.31. The summed E-state index contributed by atoms with van der Waals surface area (Å²) in [7, 11) is 0. The Hall–Kier alpha value is -1.000. The van der Waals surface area contributed by atoms with E-state index in [1.165, 1.54) is 0 Å². The summed E-state index contributed by atoms with van der Waals surface area (Å²) in [4.78, 5) is 12.0. The predicted octanol–water partition coefficient (Wildman–Crippen LogP) is 2.96. The SMILES string of the molecule is Cc1cc(C(=O)O)ccc1SC1CCOC1C. The van der Waals surface area contributed by atoms with Crippen LogP contribution in [0.2, 0.25) is 0 Å². The summed E-state index contributed by atoms with van der Waals surface area (Å²) < 4.78 is 5.52. The van der Waals surface area contributed by atoms with Crippen LogP contribution < -0.4 is 0 Å². The van der Waals surface area contributed by atoms with Crippen LogP contribution in [0.5, 0.6) is 0 Å². The highest BCUT2D eigenvalue weighted by molar-refractivity contribution is 8.00. The molecule has 1 heterocycles. The van der Waals surface area contributed by atoms with Gasteiger partial charge in [0.25, 0.3) is 0 Å². The molecule has 0 aliphatic carbocycles. The first-order chi connectivity index (χ1) is 8.08. The molecule has 1 aliphatic rings. The van der Waals surface area contributed by atoms with Crippen molar-refractivity contribution < 1.29 is 14.6 Å². The molecule has 2 atom stereocenters. The summed E-state index contributed by atoms with van der Waals surface area (Å²) in [6.45, 7) is 4.87. The molecule has 1 N–H and O–H groups in total. The van der Waals surface area contributed by atoms with Crippen molar-refractivity contribution in [1.82, 2.24) is 0 Å². The lowest BCUT2D eigenvalue weighted by molar-refractivity contribution is 0.0696. The Morgan fingerprint density at radius 1 is 1.53 bits per heavy atom. The van der Waals surface area contributed by atoms with Gasteiger partial charge in [0.2, 0.25) is 0 Å². The molecule has 0 amide bonds. The van der Waals surface area contributed by atoms with Crippen molar-refractivity contribution in [3.63, 3.8) is 0 Å². The third-order valence-electron chi connectivity index (χ3n) is 3.01. The molecule has 0 saturated carbocycles. The Labute approximate surface area is 105 Å². The topological polar surface area (TPSA) is 46.5 Å². The van der Waals surface area contributed by atoms with Gasteiger partial charge < -0.3 is 9.84 Å². The summed E-state index contributed by atoms with van der Waals surface area (Å²) in [5.41, 5.74) is 1.37. The normalized spacial score (nSPS) is 23.9. The number of carboxylic acids is 1. The Balaban J connectivity index is 2.14. The lowest BCUT2D eigenvalue weighted by Gasteiger charge is -2.15. The molecule has 1 aliphatic heterocycles. The first kappa shape index (κ1) is 12.5. The van der Waals surface area contributed by atoms with Crippen LogP contribution in [-0.4, -0.2) is 29.0 Å². The lowest BCUT2D eigenvalue weighted by atomic mass is 10.1. The van der Waals surface area contributed by atoms with Crippen molar-refractivity contribution in [3.8, 4) is 0 Å². The van der Waals surface area contributed by atoms with Gasteiger partial charge in [-0.15, -0.1) is 11.8 Å². The highest BCUT2D eigenvalue weighted by Gasteiger charge is 2.25. The van der Waals surface area contributed by atoms with Crippen LogP contribution >= 0.6 is 11.8 Å². The second-order valence-corrected chi connectivity index (χ2v) is 5.59. The van der Waals surface area contributed by atoms with Gasteiger partial charge >= 0.3 is 5.97 Å². The van der Waals surface area contributed by atoms with Gasteiger partial charge in [-0.05, 0) is 44.0 Å². The molecule has 1 saturated heterocycles. The fourth-order valence-corrected chi connectivity index (χ4v) is 3.15. The van der Waals surface area contributed by atoms with Crippen molar-refractivity contribution in [1.29, 1.82) is 0 Å². The molecular weight excluding hydrogens is 236 g/mol. The fourth-order valence-electron chi connectivity index (χ4n) is 1.94. The fraction of sp³-hybridized carbons (Fsp3) is 0.462. The number of carboxylic acid groups (broad SMARTS) is 1. The van der Waals surface area contributed by atoms with E-state index >= 15 is 0 Å². The zero-order valence-corrected chi connectivity index (χ0v) is 10.8. The largest absolute Gasteiger partial charge is 0.478 e. The number of aromatic carboxylic acids is 1.